The Balaban J connectivity index is 1.44. The summed E-state index contributed by atoms with van der Waals surface area (Å²) in [5.41, 5.74) is 3.49. The first-order chi connectivity index (χ1) is 14.8. The summed E-state index contributed by atoms with van der Waals surface area (Å²) in [5.74, 6) is 0.664. The van der Waals surface area contributed by atoms with Crippen LogP contribution in [-0.4, -0.2) is 46.0 Å². The molecule has 1 amide bonds. The molecule has 2 aromatic rings. The van der Waals surface area contributed by atoms with Crippen LogP contribution >= 0.6 is 0 Å². The Morgan fingerprint density at radius 1 is 1.06 bits per heavy atom. The Labute approximate surface area is 185 Å². The predicted molar refractivity (Wildman–Crippen MR) is 123 cm³/mol. The molecule has 3 aliphatic rings. The summed E-state index contributed by atoms with van der Waals surface area (Å²) in [6.07, 6.45) is 3.69. The summed E-state index contributed by atoms with van der Waals surface area (Å²) in [7, 11) is 0. The molecule has 1 aliphatic carbocycles. The third kappa shape index (κ3) is 3.10. The van der Waals surface area contributed by atoms with Crippen LogP contribution in [0.4, 0.5) is 0 Å². The van der Waals surface area contributed by atoms with Crippen molar-refractivity contribution in [3.8, 4) is 5.75 Å². The number of carbonyl (C=O) groups excluding carboxylic acids is 1. The number of phenols is 1. The van der Waals surface area contributed by atoms with E-state index in [0.29, 0.717) is 5.75 Å². The third-order valence-electron chi connectivity index (χ3n) is 8.79. The van der Waals surface area contributed by atoms with E-state index in [-0.39, 0.29) is 28.8 Å². The van der Waals surface area contributed by atoms with Gasteiger partial charge in [0, 0.05) is 24.5 Å². The molecule has 3 atom stereocenters. The molecule has 164 valence electrons. The van der Waals surface area contributed by atoms with Gasteiger partial charge in [-0.15, -0.1) is 0 Å². The molecule has 2 saturated heterocycles. The van der Waals surface area contributed by atoms with Gasteiger partial charge in [0.2, 0.25) is 5.91 Å². The van der Waals surface area contributed by atoms with Crippen LogP contribution in [0.15, 0.2) is 48.5 Å². The second kappa shape index (κ2) is 7.37. The molecule has 2 heterocycles. The first-order valence-electron chi connectivity index (χ1n) is 11.7. The molecular formula is C27H34N2O2. The van der Waals surface area contributed by atoms with Gasteiger partial charge < -0.3 is 10.0 Å². The molecule has 4 heteroatoms. The lowest BCUT2D eigenvalue weighted by Crippen LogP contribution is -2.66. The molecule has 0 saturated carbocycles. The van der Waals surface area contributed by atoms with Crippen molar-refractivity contribution in [1.29, 1.82) is 0 Å². The van der Waals surface area contributed by atoms with Crippen LogP contribution in [0.5, 0.6) is 5.75 Å². The minimum absolute atomic E-state index is 0.0360. The van der Waals surface area contributed by atoms with Gasteiger partial charge in [-0.05, 0) is 60.4 Å². The molecule has 2 aliphatic heterocycles. The fourth-order valence-electron chi connectivity index (χ4n) is 6.49. The molecule has 1 N–H and O–H groups in total. The number of benzene rings is 2. The van der Waals surface area contributed by atoms with E-state index in [0.717, 1.165) is 50.9 Å². The number of aromatic hydroxyl groups is 1. The summed E-state index contributed by atoms with van der Waals surface area (Å²) < 4.78 is 0. The summed E-state index contributed by atoms with van der Waals surface area (Å²) >= 11 is 0. The molecule has 0 unspecified atom stereocenters. The maximum absolute atomic E-state index is 13.9. The molecule has 0 aromatic heterocycles. The second-order valence-electron chi connectivity index (χ2n) is 10.5. The molecule has 2 bridgehead atoms. The quantitative estimate of drug-likeness (QED) is 0.798. The molecule has 5 rings (SSSR count). The lowest BCUT2D eigenvalue weighted by molar-refractivity contribution is -0.148. The van der Waals surface area contributed by atoms with Gasteiger partial charge in [0.15, 0.2) is 0 Å². The first kappa shape index (κ1) is 20.6. The molecule has 31 heavy (non-hydrogen) atoms. The van der Waals surface area contributed by atoms with Crippen LogP contribution in [0.3, 0.4) is 0 Å². The topological polar surface area (TPSA) is 43.8 Å². The van der Waals surface area contributed by atoms with Gasteiger partial charge in [-0.2, -0.15) is 0 Å². The number of hydrogen-bond acceptors (Lipinski definition) is 3. The van der Waals surface area contributed by atoms with Gasteiger partial charge >= 0.3 is 0 Å². The van der Waals surface area contributed by atoms with E-state index in [1.165, 1.54) is 11.1 Å². The van der Waals surface area contributed by atoms with E-state index >= 15 is 0 Å². The highest BCUT2D eigenvalue weighted by atomic mass is 16.3. The number of nitrogens with zero attached hydrogens (tertiary/aromatic N) is 2. The number of amides is 1. The maximum Gasteiger partial charge on any atom is 0.240 e. The lowest BCUT2D eigenvalue weighted by Gasteiger charge is -2.61. The van der Waals surface area contributed by atoms with Crippen molar-refractivity contribution >= 4 is 5.91 Å². The molecular weight excluding hydrogens is 384 g/mol. The van der Waals surface area contributed by atoms with E-state index in [4.69, 9.17) is 0 Å². The van der Waals surface area contributed by atoms with Crippen LogP contribution < -0.4 is 0 Å². The Bertz CT molecular complexity index is 986. The number of piperidine rings is 1. The van der Waals surface area contributed by atoms with E-state index < -0.39 is 0 Å². The van der Waals surface area contributed by atoms with Crippen molar-refractivity contribution < 1.29 is 9.90 Å². The SMILES string of the molecule is CC1(C)[C@H]2Cc3c(O)cccc3[C@]1(C)CCN2C(=O)[C@@H]1CCCN1Cc1ccccc1. The van der Waals surface area contributed by atoms with E-state index in [2.05, 4.69) is 60.9 Å². The highest BCUT2D eigenvalue weighted by Crippen LogP contribution is 2.57. The van der Waals surface area contributed by atoms with Crippen LogP contribution in [0, 0.1) is 5.41 Å². The van der Waals surface area contributed by atoms with Gasteiger partial charge in [0.05, 0.1) is 6.04 Å². The number of rotatable bonds is 3. The molecule has 4 nitrogen and oxygen atoms in total. The van der Waals surface area contributed by atoms with Crippen molar-refractivity contribution in [3.05, 3.63) is 65.2 Å². The fraction of sp³-hybridized carbons (Fsp3) is 0.519. The highest BCUT2D eigenvalue weighted by Gasteiger charge is 2.57. The molecule has 0 radical (unpaired) electrons. The smallest absolute Gasteiger partial charge is 0.240 e. The van der Waals surface area contributed by atoms with Crippen LogP contribution in [-0.2, 0) is 23.2 Å². The van der Waals surface area contributed by atoms with Crippen LogP contribution in [0.1, 0.15) is 56.7 Å². The van der Waals surface area contributed by atoms with Gasteiger partial charge in [-0.1, -0.05) is 63.2 Å². The van der Waals surface area contributed by atoms with Crippen molar-refractivity contribution in [3.63, 3.8) is 0 Å². The average Bonchev–Trinajstić information content (AvgIpc) is 3.20. The minimum atomic E-state index is -0.0510. The van der Waals surface area contributed by atoms with Crippen molar-refractivity contribution in [1.82, 2.24) is 9.80 Å². The Kier molecular flexibility index (Phi) is 4.89. The Morgan fingerprint density at radius 3 is 2.61 bits per heavy atom. The summed E-state index contributed by atoms with van der Waals surface area (Å²) in [6, 6.07) is 16.5. The number of phenolic OH excluding ortho intramolecular Hbond substituents is 1. The normalized spacial score (nSPS) is 29.6. The fourth-order valence-corrected chi connectivity index (χ4v) is 6.49. The van der Waals surface area contributed by atoms with Crippen LogP contribution in [0.2, 0.25) is 0 Å². The second-order valence-corrected chi connectivity index (χ2v) is 10.5. The zero-order chi connectivity index (χ0) is 21.8. The zero-order valence-electron chi connectivity index (χ0n) is 19.0. The maximum atomic E-state index is 13.9. The Morgan fingerprint density at radius 2 is 1.84 bits per heavy atom. The number of carbonyl (C=O) groups is 1. The third-order valence-corrected chi connectivity index (χ3v) is 8.79. The molecule has 0 spiro atoms. The summed E-state index contributed by atoms with van der Waals surface area (Å²) in [4.78, 5) is 18.5. The number of fused-ring (bicyclic) bond motifs is 4. The number of likely N-dealkylation sites (tertiary alicyclic amines) is 2. The standard InChI is InChI=1S/C27H34N2O2/c1-26(2)24-17-20-21(11-7-13-23(20)30)27(26,3)14-16-29(24)25(31)22-12-8-15-28(22)18-19-9-5-4-6-10-19/h4-7,9-11,13,22,24,30H,8,12,14-18H2,1-3H3/t22-,24+,27-/m0/s1. The van der Waals surface area contributed by atoms with Crippen molar-refractivity contribution in [2.45, 2.75) is 70.5 Å². The van der Waals surface area contributed by atoms with Gasteiger partial charge in [-0.25, -0.2) is 0 Å². The van der Waals surface area contributed by atoms with Gasteiger partial charge in [0.1, 0.15) is 5.75 Å². The van der Waals surface area contributed by atoms with Crippen molar-refractivity contribution in [2.75, 3.05) is 13.1 Å². The summed E-state index contributed by atoms with van der Waals surface area (Å²) in [5, 5.41) is 10.6. The van der Waals surface area contributed by atoms with E-state index in [1.807, 2.05) is 12.1 Å². The van der Waals surface area contributed by atoms with Crippen molar-refractivity contribution in [2.24, 2.45) is 5.41 Å². The number of hydrogen-bond donors (Lipinski definition) is 1. The minimum Gasteiger partial charge on any atom is -0.508 e. The van der Waals surface area contributed by atoms with Gasteiger partial charge in [0.25, 0.3) is 0 Å². The van der Waals surface area contributed by atoms with Gasteiger partial charge in [-0.3, -0.25) is 9.69 Å². The van der Waals surface area contributed by atoms with Crippen LogP contribution in [0.25, 0.3) is 0 Å². The zero-order valence-corrected chi connectivity index (χ0v) is 19.0. The molecule has 2 aromatic carbocycles. The highest BCUT2D eigenvalue weighted by molar-refractivity contribution is 5.83. The lowest BCUT2D eigenvalue weighted by atomic mass is 9.51. The predicted octanol–water partition coefficient (Wildman–Crippen LogP) is 4.50. The summed E-state index contributed by atoms with van der Waals surface area (Å²) in [6.45, 7) is 9.58. The van der Waals surface area contributed by atoms with E-state index in [1.54, 1.807) is 6.07 Å². The first-order valence-corrected chi connectivity index (χ1v) is 11.7. The average molecular weight is 419 g/mol. The Hall–Kier alpha value is -2.33. The molecule has 2 fully saturated rings. The monoisotopic (exact) mass is 418 g/mol. The van der Waals surface area contributed by atoms with E-state index in [9.17, 15) is 9.90 Å². The largest absolute Gasteiger partial charge is 0.508 e.